The Bertz CT molecular complexity index is 1060. The number of hydrogen-bond acceptors (Lipinski definition) is 5. The molecule has 150 valence electrons. The highest BCUT2D eigenvalue weighted by Gasteiger charge is 2.06. The van der Waals surface area contributed by atoms with Crippen molar-refractivity contribution in [1.29, 1.82) is 0 Å². The van der Waals surface area contributed by atoms with Crippen molar-refractivity contribution in [3.8, 4) is 0 Å². The zero-order chi connectivity index (χ0) is 20.6. The van der Waals surface area contributed by atoms with E-state index in [1.807, 2.05) is 36.4 Å². The van der Waals surface area contributed by atoms with E-state index in [4.69, 9.17) is 0 Å². The molecule has 0 bridgehead atoms. The Morgan fingerprint density at radius 3 is 2.79 bits per heavy atom. The van der Waals surface area contributed by atoms with Crippen LogP contribution in [0.3, 0.4) is 0 Å². The Hall–Kier alpha value is -3.32. The van der Waals surface area contributed by atoms with Gasteiger partial charge in [-0.1, -0.05) is 26.0 Å². The van der Waals surface area contributed by atoms with Crippen LogP contribution >= 0.6 is 0 Å². The van der Waals surface area contributed by atoms with Gasteiger partial charge in [-0.3, -0.25) is 19.1 Å². The molecule has 7 heteroatoms. The van der Waals surface area contributed by atoms with Gasteiger partial charge in [0.05, 0.1) is 16.6 Å². The average Bonchev–Trinajstić information content (AvgIpc) is 2.73. The predicted octanol–water partition coefficient (Wildman–Crippen LogP) is 2.29. The molecule has 7 nitrogen and oxygen atoms in total. The first-order valence-electron chi connectivity index (χ1n) is 9.62. The van der Waals surface area contributed by atoms with Gasteiger partial charge in [0.25, 0.3) is 5.56 Å². The van der Waals surface area contributed by atoms with Gasteiger partial charge in [0.2, 0.25) is 5.91 Å². The largest absolute Gasteiger partial charge is 0.351 e. The van der Waals surface area contributed by atoms with Crippen LogP contribution in [0.1, 0.15) is 31.0 Å². The second-order valence-corrected chi connectivity index (χ2v) is 6.99. The van der Waals surface area contributed by atoms with Gasteiger partial charge in [0.15, 0.2) is 0 Å². The van der Waals surface area contributed by atoms with Crippen LogP contribution in [-0.4, -0.2) is 33.5 Å². The molecule has 29 heavy (non-hydrogen) atoms. The molecule has 0 unspecified atom stereocenters. The fourth-order valence-corrected chi connectivity index (χ4v) is 2.82. The molecule has 0 aliphatic carbocycles. The molecule has 0 saturated carbocycles. The smallest absolute Gasteiger partial charge is 0.265 e. The van der Waals surface area contributed by atoms with Crippen molar-refractivity contribution in [2.45, 2.75) is 26.3 Å². The minimum atomic E-state index is -0.271. The average molecular weight is 391 g/mol. The summed E-state index contributed by atoms with van der Waals surface area (Å²) in [7, 11) is 0. The molecule has 1 amide bonds. The Morgan fingerprint density at radius 2 is 2.03 bits per heavy atom. The van der Waals surface area contributed by atoms with Crippen LogP contribution in [0.4, 0.5) is 0 Å². The molecular weight excluding hydrogens is 366 g/mol. The summed E-state index contributed by atoms with van der Waals surface area (Å²) in [6.45, 7) is 5.88. The fraction of sp³-hybridized carbons (Fsp3) is 0.273. The summed E-state index contributed by atoms with van der Waals surface area (Å²) in [5.74, 6) is 0.0487. The van der Waals surface area contributed by atoms with E-state index in [1.165, 1.54) is 23.2 Å². The standard InChI is InChI=1S/C22H25N5O2/c1-16(2)17-6-7-20-19(13-17)22(29)27(15-26-20)12-8-21(28)25-11-10-23-14-18-5-3-4-9-24-18/h3-9,12-13,15-16,23H,10-11,14H2,1-2H3,(H,25,28)/b12-8+. The molecule has 0 spiro atoms. The van der Waals surface area contributed by atoms with Gasteiger partial charge >= 0.3 is 0 Å². The lowest BCUT2D eigenvalue weighted by atomic mass is 10.0. The van der Waals surface area contributed by atoms with E-state index < -0.39 is 0 Å². The highest BCUT2D eigenvalue weighted by Crippen LogP contribution is 2.17. The number of rotatable bonds is 8. The van der Waals surface area contributed by atoms with Gasteiger partial charge in [-0.05, 0) is 35.7 Å². The van der Waals surface area contributed by atoms with Crippen molar-refractivity contribution in [2.75, 3.05) is 13.1 Å². The van der Waals surface area contributed by atoms with Crippen molar-refractivity contribution >= 4 is 23.0 Å². The Morgan fingerprint density at radius 1 is 1.17 bits per heavy atom. The zero-order valence-corrected chi connectivity index (χ0v) is 16.6. The maximum atomic E-state index is 12.7. The highest BCUT2D eigenvalue weighted by atomic mass is 16.1. The highest BCUT2D eigenvalue weighted by molar-refractivity contribution is 5.90. The zero-order valence-electron chi connectivity index (χ0n) is 16.6. The van der Waals surface area contributed by atoms with Gasteiger partial charge in [0, 0.05) is 38.1 Å². The monoisotopic (exact) mass is 391 g/mol. The third kappa shape index (κ3) is 5.58. The SMILES string of the molecule is CC(C)c1ccc2ncn(/C=C/C(=O)NCCNCc3ccccn3)c(=O)c2c1. The normalized spacial score (nSPS) is 11.4. The molecule has 2 aromatic heterocycles. The van der Waals surface area contributed by atoms with Gasteiger partial charge in [-0.2, -0.15) is 0 Å². The number of nitrogens with zero attached hydrogens (tertiary/aromatic N) is 3. The van der Waals surface area contributed by atoms with E-state index in [0.29, 0.717) is 36.5 Å². The molecule has 0 fully saturated rings. The quantitative estimate of drug-likeness (QED) is 0.454. The number of aromatic nitrogens is 3. The second-order valence-electron chi connectivity index (χ2n) is 6.99. The predicted molar refractivity (Wildman–Crippen MR) is 114 cm³/mol. The van der Waals surface area contributed by atoms with Crippen LogP contribution in [-0.2, 0) is 11.3 Å². The summed E-state index contributed by atoms with van der Waals surface area (Å²) in [6, 6.07) is 11.4. The third-order valence-corrected chi connectivity index (χ3v) is 4.49. The van der Waals surface area contributed by atoms with Crippen LogP contribution in [0.15, 0.2) is 59.8 Å². The summed E-state index contributed by atoms with van der Waals surface area (Å²) in [5.41, 5.74) is 2.47. The third-order valence-electron chi connectivity index (χ3n) is 4.49. The first-order chi connectivity index (χ1) is 14.0. The van der Waals surface area contributed by atoms with Crippen LogP contribution in [0.2, 0.25) is 0 Å². The number of carbonyl (C=O) groups is 1. The number of hydrogen-bond donors (Lipinski definition) is 2. The van der Waals surface area contributed by atoms with Crippen LogP contribution in [0, 0.1) is 0 Å². The molecule has 3 aromatic rings. The lowest BCUT2D eigenvalue weighted by Gasteiger charge is -2.07. The van der Waals surface area contributed by atoms with Crippen LogP contribution < -0.4 is 16.2 Å². The number of carbonyl (C=O) groups excluding carboxylic acids is 1. The molecule has 2 N–H and O–H groups in total. The first kappa shape index (κ1) is 20.4. The molecule has 3 rings (SSSR count). The number of nitrogens with one attached hydrogen (secondary N) is 2. The molecule has 0 saturated heterocycles. The molecule has 0 radical (unpaired) electrons. The summed E-state index contributed by atoms with van der Waals surface area (Å²) in [4.78, 5) is 33.2. The second kappa shape index (κ2) is 9.75. The van der Waals surface area contributed by atoms with Gasteiger partial charge in [-0.15, -0.1) is 0 Å². The summed E-state index contributed by atoms with van der Waals surface area (Å²) >= 11 is 0. The molecule has 2 heterocycles. The van der Waals surface area contributed by atoms with Crippen molar-refractivity contribution in [2.24, 2.45) is 0 Å². The summed E-state index contributed by atoms with van der Waals surface area (Å²) < 4.78 is 1.32. The first-order valence-corrected chi connectivity index (χ1v) is 9.62. The lowest BCUT2D eigenvalue weighted by Crippen LogP contribution is -2.30. The van der Waals surface area contributed by atoms with E-state index in [-0.39, 0.29) is 11.5 Å². The van der Waals surface area contributed by atoms with Gasteiger partial charge in [0.1, 0.15) is 6.33 Å². The Labute approximate surface area is 169 Å². The van der Waals surface area contributed by atoms with E-state index in [2.05, 4.69) is 34.4 Å². The Balaban J connectivity index is 1.54. The number of pyridine rings is 1. The summed E-state index contributed by atoms with van der Waals surface area (Å²) in [5, 5.41) is 6.53. The topological polar surface area (TPSA) is 88.9 Å². The minimum absolute atomic E-state index is 0.196. The van der Waals surface area contributed by atoms with E-state index in [1.54, 1.807) is 6.20 Å². The number of fused-ring (bicyclic) bond motifs is 1. The van der Waals surface area contributed by atoms with Crippen molar-refractivity contribution in [3.05, 3.63) is 76.6 Å². The minimum Gasteiger partial charge on any atom is -0.351 e. The molecule has 0 aliphatic rings. The molecule has 0 aliphatic heterocycles. The van der Waals surface area contributed by atoms with Gasteiger partial charge < -0.3 is 10.6 Å². The van der Waals surface area contributed by atoms with Crippen molar-refractivity contribution in [1.82, 2.24) is 25.2 Å². The molecule has 1 aromatic carbocycles. The maximum absolute atomic E-state index is 12.7. The lowest BCUT2D eigenvalue weighted by molar-refractivity contribution is -0.116. The van der Waals surface area contributed by atoms with E-state index >= 15 is 0 Å². The fourth-order valence-electron chi connectivity index (χ4n) is 2.82. The van der Waals surface area contributed by atoms with Crippen LogP contribution in [0.25, 0.3) is 17.1 Å². The number of amides is 1. The van der Waals surface area contributed by atoms with Crippen molar-refractivity contribution < 1.29 is 4.79 Å². The molecule has 0 atom stereocenters. The summed E-state index contributed by atoms with van der Waals surface area (Å²) in [6.07, 6.45) is 5.95. The van der Waals surface area contributed by atoms with E-state index in [0.717, 1.165) is 11.3 Å². The van der Waals surface area contributed by atoms with Gasteiger partial charge in [-0.25, -0.2) is 4.98 Å². The van der Waals surface area contributed by atoms with Crippen molar-refractivity contribution in [3.63, 3.8) is 0 Å². The molecular formula is C22H25N5O2. The van der Waals surface area contributed by atoms with E-state index in [9.17, 15) is 9.59 Å². The van der Waals surface area contributed by atoms with Crippen LogP contribution in [0.5, 0.6) is 0 Å². The maximum Gasteiger partial charge on any atom is 0.265 e. The number of benzene rings is 1. The Kier molecular flexibility index (Phi) is 6.86.